The molecule has 0 aliphatic heterocycles. The van der Waals surface area contributed by atoms with E-state index >= 15 is 0 Å². The maximum atomic E-state index is 12.6. The zero-order valence-electron chi connectivity index (χ0n) is 14.8. The van der Waals surface area contributed by atoms with Crippen LogP contribution in [0.1, 0.15) is 43.0 Å². The predicted octanol–water partition coefficient (Wildman–Crippen LogP) is 3.25. The molecule has 0 heterocycles. The van der Waals surface area contributed by atoms with Crippen molar-refractivity contribution >= 4 is 31.9 Å². The van der Waals surface area contributed by atoms with Gasteiger partial charge in [-0.2, -0.15) is 0 Å². The summed E-state index contributed by atoms with van der Waals surface area (Å²) in [7, 11) is -0.652. The average Bonchev–Trinajstić information content (AvgIpc) is 3.17. The first kappa shape index (κ1) is 18.9. The predicted molar refractivity (Wildman–Crippen MR) is 101 cm³/mol. The SMILES string of the molecule is CC(NC(=O)c1ccc(Br)c(S(=O)(=O)N(C)C)c1)C1CC2CCC1C2. The van der Waals surface area contributed by atoms with Crippen molar-refractivity contribution in [1.82, 2.24) is 9.62 Å². The quantitative estimate of drug-likeness (QED) is 0.782. The van der Waals surface area contributed by atoms with Crippen LogP contribution < -0.4 is 5.32 Å². The number of fused-ring (bicyclic) bond motifs is 2. The molecule has 1 amide bonds. The highest BCUT2D eigenvalue weighted by molar-refractivity contribution is 9.10. The third-order valence-electron chi connectivity index (χ3n) is 5.75. The number of carbonyl (C=O) groups is 1. The molecule has 3 rings (SSSR count). The number of nitrogens with one attached hydrogen (secondary N) is 1. The molecular formula is C18H25BrN2O3S. The van der Waals surface area contributed by atoms with Crippen LogP contribution in [0.25, 0.3) is 0 Å². The zero-order valence-corrected chi connectivity index (χ0v) is 17.2. The lowest BCUT2D eigenvalue weighted by Gasteiger charge is -2.28. The lowest BCUT2D eigenvalue weighted by molar-refractivity contribution is 0.0915. The summed E-state index contributed by atoms with van der Waals surface area (Å²) in [6.07, 6.45) is 5.11. The monoisotopic (exact) mass is 428 g/mol. The molecule has 1 aromatic rings. The van der Waals surface area contributed by atoms with Gasteiger partial charge in [0.15, 0.2) is 0 Å². The highest BCUT2D eigenvalue weighted by atomic mass is 79.9. The van der Waals surface area contributed by atoms with Crippen LogP contribution in [0.4, 0.5) is 0 Å². The Balaban J connectivity index is 1.76. The Kier molecular flexibility index (Phi) is 5.28. The van der Waals surface area contributed by atoms with E-state index in [4.69, 9.17) is 0 Å². The fraction of sp³-hybridized carbons (Fsp3) is 0.611. The summed E-state index contributed by atoms with van der Waals surface area (Å²) >= 11 is 3.27. The first-order valence-corrected chi connectivity index (χ1v) is 11.0. The maximum Gasteiger partial charge on any atom is 0.251 e. The maximum absolute atomic E-state index is 12.6. The summed E-state index contributed by atoms with van der Waals surface area (Å²) < 4.78 is 26.4. The zero-order chi connectivity index (χ0) is 18.4. The molecule has 5 nitrogen and oxygen atoms in total. The van der Waals surface area contributed by atoms with Gasteiger partial charge in [-0.15, -0.1) is 0 Å². The third-order valence-corrected chi connectivity index (χ3v) is 8.55. The Morgan fingerprint density at radius 1 is 1.28 bits per heavy atom. The van der Waals surface area contributed by atoms with E-state index < -0.39 is 10.0 Å². The first-order valence-electron chi connectivity index (χ1n) is 8.73. The van der Waals surface area contributed by atoms with Crippen molar-refractivity contribution in [3.05, 3.63) is 28.2 Å². The van der Waals surface area contributed by atoms with Crippen molar-refractivity contribution in [2.45, 2.75) is 43.5 Å². The van der Waals surface area contributed by atoms with E-state index in [1.165, 1.54) is 45.8 Å². The Bertz CT molecular complexity index is 779. The van der Waals surface area contributed by atoms with Gasteiger partial charge in [0.05, 0.1) is 4.90 Å². The van der Waals surface area contributed by atoms with Crippen LogP contribution in [0.15, 0.2) is 27.6 Å². The topological polar surface area (TPSA) is 66.5 Å². The van der Waals surface area contributed by atoms with Crippen molar-refractivity contribution in [3.63, 3.8) is 0 Å². The van der Waals surface area contributed by atoms with Crippen LogP contribution in [0.2, 0.25) is 0 Å². The summed E-state index contributed by atoms with van der Waals surface area (Å²) in [6, 6.07) is 4.83. The molecule has 1 N–H and O–H groups in total. The van der Waals surface area contributed by atoms with E-state index in [2.05, 4.69) is 28.2 Å². The number of carbonyl (C=O) groups excluding carboxylic acids is 1. The van der Waals surface area contributed by atoms with Gasteiger partial charge < -0.3 is 5.32 Å². The van der Waals surface area contributed by atoms with Gasteiger partial charge >= 0.3 is 0 Å². The second-order valence-electron chi connectivity index (χ2n) is 7.53. The number of hydrogen-bond acceptors (Lipinski definition) is 3. The normalized spacial score (nSPS) is 26.8. The molecule has 2 bridgehead atoms. The van der Waals surface area contributed by atoms with E-state index in [1.54, 1.807) is 12.1 Å². The van der Waals surface area contributed by atoms with Gasteiger partial charge in [0.1, 0.15) is 0 Å². The van der Waals surface area contributed by atoms with Crippen LogP contribution in [-0.4, -0.2) is 38.8 Å². The highest BCUT2D eigenvalue weighted by Gasteiger charge is 2.42. The van der Waals surface area contributed by atoms with E-state index in [9.17, 15) is 13.2 Å². The second kappa shape index (κ2) is 7.00. The summed E-state index contributed by atoms with van der Waals surface area (Å²) in [5, 5.41) is 3.09. The number of sulfonamides is 1. The molecule has 0 saturated heterocycles. The minimum absolute atomic E-state index is 0.109. The molecule has 25 heavy (non-hydrogen) atoms. The molecule has 2 aliphatic rings. The molecule has 4 atom stereocenters. The van der Waals surface area contributed by atoms with Crippen molar-refractivity contribution in [1.29, 1.82) is 0 Å². The van der Waals surface area contributed by atoms with E-state index in [0.29, 0.717) is 16.0 Å². The third kappa shape index (κ3) is 3.64. The average molecular weight is 429 g/mol. The van der Waals surface area contributed by atoms with Crippen LogP contribution in [0.5, 0.6) is 0 Å². The Labute approximate surface area is 158 Å². The number of hydrogen-bond donors (Lipinski definition) is 1. The summed E-state index contributed by atoms with van der Waals surface area (Å²) in [6.45, 7) is 2.07. The molecule has 138 valence electrons. The molecule has 2 aliphatic carbocycles. The van der Waals surface area contributed by atoms with Crippen LogP contribution >= 0.6 is 15.9 Å². The number of rotatable bonds is 5. The molecule has 7 heteroatoms. The van der Waals surface area contributed by atoms with Gasteiger partial charge in [-0.05, 0) is 78.1 Å². The minimum atomic E-state index is -3.61. The van der Waals surface area contributed by atoms with Crippen LogP contribution in [-0.2, 0) is 10.0 Å². The smallest absolute Gasteiger partial charge is 0.251 e. The molecule has 0 radical (unpaired) electrons. The molecule has 0 spiro atoms. The lowest BCUT2D eigenvalue weighted by Crippen LogP contribution is -2.40. The Morgan fingerprint density at radius 2 is 2.00 bits per heavy atom. The van der Waals surface area contributed by atoms with Crippen LogP contribution in [0.3, 0.4) is 0 Å². The fourth-order valence-electron chi connectivity index (χ4n) is 4.34. The van der Waals surface area contributed by atoms with E-state index in [0.717, 1.165) is 16.1 Å². The fourth-order valence-corrected chi connectivity index (χ4v) is 6.19. The highest BCUT2D eigenvalue weighted by Crippen LogP contribution is 2.49. The Morgan fingerprint density at radius 3 is 2.56 bits per heavy atom. The van der Waals surface area contributed by atoms with E-state index in [-0.39, 0.29) is 16.8 Å². The van der Waals surface area contributed by atoms with Gasteiger partial charge in [-0.1, -0.05) is 6.42 Å². The largest absolute Gasteiger partial charge is 0.349 e. The van der Waals surface area contributed by atoms with Crippen molar-refractivity contribution < 1.29 is 13.2 Å². The lowest BCUT2D eigenvalue weighted by atomic mass is 9.84. The summed E-state index contributed by atoms with van der Waals surface area (Å²) in [5.74, 6) is 1.90. The second-order valence-corrected chi connectivity index (χ2v) is 10.5. The molecule has 0 aromatic heterocycles. The number of amides is 1. The van der Waals surface area contributed by atoms with Gasteiger partial charge in [-0.25, -0.2) is 12.7 Å². The van der Waals surface area contributed by atoms with Gasteiger partial charge in [0.2, 0.25) is 10.0 Å². The number of benzene rings is 1. The Hall–Kier alpha value is -0.920. The minimum Gasteiger partial charge on any atom is -0.349 e. The molecular weight excluding hydrogens is 404 g/mol. The number of halogens is 1. The van der Waals surface area contributed by atoms with Crippen molar-refractivity contribution in [3.8, 4) is 0 Å². The first-order chi connectivity index (χ1) is 11.7. The van der Waals surface area contributed by atoms with Gasteiger partial charge in [0, 0.05) is 30.2 Å². The molecule has 2 saturated carbocycles. The molecule has 2 fully saturated rings. The summed E-state index contributed by atoms with van der Waals surface area (Å²) in [4.78, 5) is 12.8. The van der Waals surface area contributed by atoms with Crippen molar-refractivity contribution in [2.75, 3.05) is 14.1 Å². The van der Waals surface area contributed by atoms with E-state index in [1.807, 2.05) is 0 Å². The van der Waals surface area contributed by atoms with Crippen LogP contribution in [0, 0.1) is 17.8 Å². The van der Waals surface area contributed by atoms with Gasteiger partial charge in [-0.3, -0.25) is 4.79 Å². The standard InChI is InChI=1S/C18H25BrN2O3S/c1-11(15-9-12-4-5-13(15)8-12)20-18(22)14-6-7-16(19)17(10-14)25(23,24)21(2)3/h6-7,10-13,15H,4-5,8-9H2,1-3H3,(H,20,22). The number of nitrogens with zero attached hydrogens (tertiary/aromatic N) is 1. The van der Waals surface area contributed by atoms with Crippen molar-refractivity contribution in [2.24, 2.45) is 17.8 Å². The molecule has 4 unspecified atom stereocenters. The van der Waals surface area contributed by atoms with Gasteiger partial charge in [0.25, 0.3) is 5.91 Å². The summed E-state index contributed by atoms with van der Waals surface area (Å²) in [5.41, 5.74) is 0.374. The molecule has 1 aromatic carbocycles.